The van der Waals surface area contributed by atoms with Gasteiger partial charge in [-0.15, -0.1) is 0 Å². The number of aromatic nitrogens is 1. The molecule has 1 aromatic heterocycles. The first-order chi connectivity index (χ1) is 9.29. The third-order valence-corrected chi connectivity index (χ3v) is 4.02. The Morgan fingerprint density at radius 2 is 2.00 bits per heavy atom. The van der Waals surface area contributed by atoms with Gasteiger partial charge < -0.3 is 5.11 Å². The summed E-state index contributed by atoms with van der Waals surface area (Å²) in [5.74, 6) is -1.02. The number of nitrogens with zero attached hydrogens (tertiary/aromatic N) is 2. The van der Waals surface area contributed by atoms with E-state index < -0.39 is 5.97 Å². The average molecular weight is 339 g/mol. The fourth-order valence-corrected chi connectivity index (χ4v) is 1.97. The summed E-state index contributed by atoms with van der Waals surface area (Å²) in [6.45, 7) is 5.91. The first-order valence-corrected chi connectivity index (χ1v) is 7.00. The van der Waals surface area contributed by atoms with E-state index >= 15 is 0 Å². The van der Waals surface area contributed by atoms with Gasteiger partial charge in [-0.05, 0) is 19.3 Å². The Balaban J connectivity index is 3.21. The van der Waals surface area contributed by atoms with Gasteiger partial charge >= 0.3 is 5.97 Å². The maximum absolute atomic E-state index is 11.0. The second-order valence-electron chi connectivity index (χ2n) is 4.23. The van der Waals surface area contributed by atoms with Crippen LogP contribution in [0.15, 0.2) is 5.10 Å². The van der Waals surface area contributed by atoms with Crippen LogP contribution in [-0.4, -0.2) is 21.8 Å². The molecule has 0 saturated heterocycles. The molecule has 2 N–H and O–H groups in total. The smallest absolute Gasteiger partial charge is 0.356 e. The summed E-state index contributed by atoms with van der Waals surface area (Å²) in [4.78, 5) is 14.6. The van der Waals surface area contributed by atoms with Gasteiger partial charge in [0.15, 0.2) is 10.8 Å². The van der Waals surface area contributed by atoms with Crippen LogP contribution < -0.4 is 5.43 Å². The average Bonchev–Trinajstić information content (AvgIpc) is 2.41. The van der Waals surface area contributed by atoms with Gasteiger partial charge in [0.05, 0.1) is 5.69 Å². The first kappa shape index (κ1) is 17.0. The zero-order valence-electron chi connectivity index (χ0n) is 11.2. The van der Waals surface area contributed by atoms with Crippen LogP contribution in [0.5, 0.6) is 0 Å². The molecule has 5 nitrogen and oxygen atoms in total. The molecule has 0 aliphatic heterocycles. The lowest BCUT2D eigenvalue weighted by Gasteiger charge is -2.12. The van der Waals surface area contributed by atoms with E-state index in [1.54, 1.807) is 0 Å². The van der Waals surface area contributed by atoms with Gasteiger partial charge in [-0.2, -0.15) is 5.10 Å². The fourth-order valence-electron chi connectivity index (χ4n) is 1.30. The van der Waals surface area contributed by atoms with Crippen LogP contribution in [0.4, 0.5) is 5.69 Å². The Morgan fingerprint density at radius 1 is 1.40 bits per heavy atom. The molecular weight excluding hydrogens is 325 g/mol. The third-order valence-electron chi connectivity index (χ3n) is 2.91. The number of hydrogen-bond acceptors (Lipinski definition) is 4. The van der Waals surface area contributed by atoms with Crippen molar-refractivity contribution in [2.75, 3.05) is 5.43 Å². The number of nitrogens with one attached hydrogen (secondary N) is 1. The summed E-state index contributed by atoms with van der Waals surface area (Å²) < 4.78 is 0. The topological polar surface area (TPSA) is 74.6 Å². The second-order valence-corrected chi connectivity index (χ2v) is 5.35. The lowest BCUT2D eigenvalue weighted by atomic mass is 10.1. The van der Waals surface area contributed by atoms with Gasteiger partial charge in [0, 0.05) is 5.71 Å². The highest BCUT2D eigenvalue weighted by Crippen LogP contribution is 2.36. The van der Waals surface area contributed by atoms with Crippen molar-refractivity contribution in [2.24, 2.45) is 11.0 Å². The Morgan fingerprint density at radius 3 is 2.50 bits per heavy atom. The maximum Gasteiger partial charge on any atom is 0.356 e. The van der Waals surface area contributed by atoms with Gasteiger partial charge in [-0.25, -0.2) is 9.78 Å². The fraction of sp³-hybridized carbons (Fsp3) is 0.417. The van der Waals surface area contributed by atoms with Gasteiger partial charge in [0.25, 0.3) is 0 Å². The van der Waals surface area contributed by atoms with Crippen LogP contribution >= 0.6 is 34.8 Å². The molecular formula is C12H14Cl3N3O2. The van der Waals surface area contributed by atoms with Gasteiger partial charge in [0.1, 0.15) is 10.0 Å². The van der Waals surface area contributed by atoms with Crippen molar-refractivity contribution in [3.8, 4) is 0 Å². The van der Waals surface area contributed by atoms with Gasteiger partial charge in [-0.1, -0.05) is 48.7 Å². The number of aromatic carboxylic acids is 1. The molecule has 0 saturated carbocycles. The molecule has 0 fully saturated rings. The molecule has 0 unspecified atom stereocenters. The van der Waals surface area contributed by atoms with Crippen LogP contribution in [-0.2, 0) is 0 Å². The summed E-state index contributed by atoms with van der Waals surface area (Å²) in [5.41, 5.74) is 3.26. The van der Waals surface area contributed by atoms with Crippen LogP contribution in [0.2, 0.25) is 15.2 Å². The highest BCUT2D eigenvalue weighted by atomic mass is 35.5. The monoisotopic (exact) mass is 337 g/mol. The number of carboxylic acid groups (broad SMARTS) is 1. The van der Waals surface area contributed by atoms with Crippen LogP contribution in [0.1, 0.15) is 37.7 Å². The molecule has 0 bridgehead atoms. The number of carbonyl (C=O) groups is 1. The number of rotatable bonds is 5. The van der Waals surface area contributed by atoms with Crippen molar-refractivity contribution < 1.29 is 9.90 Å². The van der Waals surface area contributed by atoms with Crippen molar-refractivity contribution in [2.45, 2.75) is 27.2 Å². The Labute approximate surface area is 131 Å². The summed E-state index contributed by atoms with van der Waals surface area (Å²) in [6, 6.07) is 0. The van der Waals surface area contributed by atoms with Gasteiger partial charge in [-0.3, -0.25) is 5.43 Å². The third kappa shape index (κ3) is 3.75. The molecule has 1 aromatic rings. The van der Waals surface area contributed by atoms with E-state index in [2.05, 4.69) is 15.5 Å². The van der Waals surface area contributed by atoms with Crippen molar-refractivity contribution in [3.05, 3.63) is 20.9 Å². The molecule has 1 atom stereocenters. The number of hydrogen-bond donors (Lipinski definition) is 2. The Hall–Kier alpha value is -1.04. The lowest BCUT2D eigenvalue weighted by Crippen LogP contribution is -2.09. The molecule has 0 amide bonds. The van der Waals surface area contributed by atoms with Crippen LogP contribution in [0.25, 0.3) is 0 Å². The van der Waals surface area contributed by atoms with Crippen molar-refractivity contribution >= 4 is 52.2 Å². The zero-order chi connectivity index (χ0) is 15.4. The highest BCUT2D eigenvalue weighted by Gasteiger charge is 2.20. The van der Waals surface area contributed by atoms with Crippen molar-refractivity contribution in [1.29, 1.82) is 0 Å². The van der Waals surface area contributed by atoms with Crippen molar-refractivity contribution in [3.63, 3.8) is 0 Å². The second kappa shape index (κ2) is 7.11. The summed E-state index contributed by atoms with van der Waals surface area (Å²) in [5, 5.41) is 12.9. The van der Waals surface area contributed by atoms with E-state index in [1.807, 2.05) is 20.8 Å². The summed E-state index contributed by atoms with van der Waals surface area (Å²) in [6.07, 6.45) is 0.927. The quantitative estimate of drug-likeness (QED) is 0.468. The molecule has 0 aromatic carbocycles. The highest BCUT2D eigenvalue weighted by molar-refractivity contribution is 6.46. The minimum atomic E-state index is -1.29. The predicted octanol–water partition coefficient (Wildman–Crippen LogP) is 4.57. The van der Waals surface area contributed by atoms with E-state index in [4.69, 9.17) is 39.9 Å². The molecule has 0 radical (unpaired) electrons. The molecule has 0 aliphatic rings. The Kier molecular flexibility index (Phi) is 6.05. The van der Waals surface area contributed by atoms with E-state index in [1.165, 1.54) is 0 Å². The Bertz CT molecular complexity index is 561. The number of carboxylic acids is 1. The van der Waals surface area contributed by atoms with Crippen LogP contribution in [0.3, 0.4) is 0 Å². The number of pyridine rings is 1. The van der Waals surface area contributed by atoms with E-state index in [0.717, 1.165) is 12.1 Å². The summed E-state index contributed by atoms with van der Waals surface area (Å²) >= 11 is 17.7. The molecule has 1 heterocycles. The van der Waals surface area contributed by atoms with E-state index in [9.17, 15) is 4.79 Å². The van der Waals surface area contributed by atoms with E-state index in [-0.39, 0.29) is 32.5 Å². The maximum atomic E-state index is 11.0. The standard InChI is InChI=1S/C12H14Cl3N3O2/c1-4-5(2)6(3)17-18-9-7(13)10(12(19)20)16-11(15)8(9)14/h5H,4H2,1-3H3,(H,16,18)(H,19,20)/b17-6-/t5-/m0/s1. The normalized spacial score (nSPS) is 13.2. The molecule has 0 spiro atoms. The SMILES string of the molecule is CC[C@H](C)/C(C)=N\Nc1c(Cl)c(Cl)nc(C(=O)O)c1Cl. The van der Waals surface area contributed by atoms with Crippen LogP contribution in [0, 0.1) is 5.92 Å². The zero-order valence-corrected chi connectivity index (χ0v) is 13.4. The first-order valence-electron chi connectivity index (χ1n) is 5.87. The molecule has 8 heteroatoms. The molecule has 0 aliphatic carbocycles. The van der Waals surface area contributed by atoms with Crippen molar-refractivity contribution in [1.82, 2.24) is 4.98 Å². The largest absolute Gasteiger partial charge is 0.476 e. The predicted molar refractivity (Wildman–Crippen MR) is 82.4 cm³/mol. The minimum Gasteiger partial charge on any atom is -0.476 e. The number of anilines is 1. The molecule has 20 heavy (non-hydrogen) atoms. The van der Waals surface area contributed by atoms with E-state index in [0.29, 0.717) is 0 Å². The lowest BCUT2D eigenvalue weighted by molar-refractivity contribution is 0.0691. The van der Waals surface area contributed by atoms with Gasteiger partial charge in [0.2, 0.25) is 0 Å². The number of hydrazone groups is 1. The number of halogens is 3. The molecule has 1 rings (SSSR count). The summed E-state index contributed by atoms with van der Waals surface area (Å²) in [7, 11) is 0. The minimum absolute atomic E-state index is 0.0300. The molecule has 110 valence electrons.